The lowest BCUT2D eigenvalue weighted by atomic mass is 9.89. The van der Waals surface area contributed by atoms with E-state index in [4.69, 9.17) is 0 Å². The van der Waals surface area contributed by atoms with Gasteiger partial charge in [0.2, 0.25) is 5.91 Å². The molecule has 1 fully saturated rings. The smallest absolute Gasteiger partial charge is 0.308 e. The number of aliphatic carboxylic acids is 1. The van der Waals surface area contributed by atoms with Crippen molar-refractivity contribution in [3.63, 3.8) is 0 Å². The van der Waals surface area contributed by atoms with Gasteiger partial charge in [0.15, 0.2) is 0 Å². The minimum atomic E-state index is -0.898. The first-order valence-electron chi connectivity index (χ1n) is 7.84. The van der Waals surface area contributed by atoms with E-state index in [-0.39, 0.29) is 30.6 Å². The highest BCUT2D eigenvalue weighted by atomic mass is 19.1. The van der Waals surface area contributed by atoms with Crippen molar-refractivity contribution in [3.05, 3.63) is 71.5 Å². The normalized spacial score (nSPS) is 20.1. The van der Waals surface area contributed by atoms with Crippen LogP contribution >= 0.6 is 0 Å². The first-order chi connectivity index (χ1) is 11.5. The van der Waals surface area contributed by atoms with Crippen LogP contribution in [0.2, 0.25) is 0 Å². The van der Waals surface area contributed by atoms with Crippen molar-refractivity contribution >= 4 is 11.9 Å². The van der Waals surface area contributed by atoms with E-state index in [2.05, 4.69) is 0 Å². The molecule has 0 bridgehead atoms. The van der Waals surface area contributed by atoms with Crippen LogP contribution in [0.1, 0.15) is 17.0 Å². The van der Waals surface area contributed by atoms with Gasteiger partial charge in [0.1, 0.15) is 5.82 Å². The summed E-state index contributed by atoms with van der Waals surface area (Å²) in [4.78, 5) is 25.6. The zero-order chi connectivity index (χ0) is 17.1. The summed E-state index contributed by atoms with van der Waals surface area (Å²) in [7, 11) is 0. The molecule has 2 unspecified atom stereocenters. The number of rotatable bonds is 4. The Morgan fingerprint density at radius 2 is 1.83 bits per heavy atom. The van der Waals surface area contributed by atoms with Crippen molar-refractivity contribution in [3.8, 4) is 0 Å². The van der Waals surface area contributed by atoms with Crippen LogP contribution in [0.4, 0.5) is 4.39 Å². The van der Waals surface area contributed by atoms with Crippen LogP contribution < -0.4 is 0 Å². The molecule has 2 atom stereocenters. The number of carbonyl (C=O) groups is 2. The van der Waals surface area contributed by atoms with Gasteiger partial charge in [0.25, 0.3) is 0 Å². The number of amides is 1. The summed E-state index contributed by atoms with van der Waals surface area (Å²) in [5.41, 5.74) is 1.51. The average molecular weight is 327 g/mol. The summed E-state index contributed by atoms with van der Waals surface area (Å²) in [5.74, 6) is -2.30. The Hall–Kier alpha value is -2.69. The van der Waals surface area contributed by atoms with Gasteiger partial charge in [-0.1, -0.05) is 42.5 Å². The Labute approximate surface area is 139 Å². The van der Waals surface area contributed by atoms with Gasteiger partial charge in [-0.3, -0.25) is 9.59 Å². The highest BCUT2D eigenvalue weighted by Gasteiger charge is 2.40. The van der Waals surface area contributed by atoms with Crippen molar-refractivity contribution in [1.29, 1.82) is 0 Å². The van der Waals surface area contributed by atoms with Crippen molar-refractivity contribution < 1.29 is 19.1 Å². The number of hydrogen-bond acceptors (Lipinski definition) is 2. The number of carboxylic acids is 1. The van der Waals surface area contributed by atoms with Crippen LogP contribution in [0.5, 0.6) is 0 Å². The molecule has 1 aliphatic heterocycles. The molecule has 5 heteroatoms. The Balaban J connectivity index is 1.75. The molecule has 1 amide bonds. The number of benzene rings is 2. The first kappa shape index (κ1) is 16.2. The molecule has 0 radical (unpaired) electrons. The van der Waals surface area contributed by atoms with Crippen LogP contribution in [0.25, 0.3) is 0 Å². The number of halogens is 1. The van der Waals surface area contributed by atoms with Gasteiger partial charge in [0.05, 0.1) is 12.3 Å². The Morgan fingerprint density at radius 3 is 2.50 bits per heavy atom. The molecule has 0 saturated carbocycles. The van der Waals surface area contributed by atoms with Crippen LogP contribution in [0.3, 0.4) is 0 Å². The molecule has 124 valence electrons. The van der Waals surface area contributed by atoms with E-state index in [1.54, 1.807) is 17.0 Å². The summed E-state index contributed by atoms with van der Waals surface area (Å²) >= 11 is 0. The summed E-state index contributed by atoms with van der Waals surface area (Å²) in [6.07, 6.45) is 0.0750. The van der Waals surface area contributed by atoms with Gasteiger partial charge in [-0.2, -0.15) is 0 Å². The number of hydrogen-bond donors (Lipinski definition) is 1. The van der Waals surface area contributed by atoms with Gasteiger partial charge in [0, 0.05) is 19.0 Å². The lowest BCUT2D eigenvalue weighted by molar-refractivity contribution is -0.141. The van der Waals surface area contributed by atoms with Gasteiger partial charge >= 0.3 is 5.97 Å². The predicted molar refractivity (Wildman–Crippen MR) is 87.0 cm³/mol. The molecule has 1 heterocycles. The van der Waals surface area contributed by atoms with Crippen LogP contribution in [0.15, 0.2) is 54.6 Å². The molecule has 4 nitrogen and oxygen atoms in total. The molecule has 2 aromatic rings. The number of carboxylic acid groups (broad SMARTS) is 1. The van der Waals surface area contributed by atoms with Gasteiger partial charge in [-0.25, -0.2) is 4.39 Å². The molecule has 1 saturated heterocycles. The maximum Gasteiger partial charge on any atom is 0.308 e. The molecule has 2 aromatic carbocycles. The van der Waals surface area contributed by atoms with E-state index in [1.807, 2.05) is 30.3 Å². The molecule has 24 heavy (non-hydrogen) atoms. The monoisotopic (exact) mass is 327 g/mol. The Kier molecular flexibility index (Phi) is 4.60. The zero-order valence-electron chi connectivity index (χ0n) is 13.1. The fourth-order valence-electron chi connectivity index (χ4n) is 3.23. The molecule has 3 rings (SSSR count). The molecule has 1 aliphatic rings. The maximum atomic E-state index is 13.2. The third-order valence-corrected chi connectivity index (χ3v) is 4.46. The van der Waals surface area contributed by atoms with E-state index >= 15 is 0 Å². The van der Waals surface area contributed by atoms with E-state index in [9.17, 15) is 19.1 Å². The molecule has 0 spiro atoms. The summed E-state index contributed by atoms with van der Waals surface area (Å²) < 4.78 is 13.2. The van der Waals surface area contributed by atoms with Crippen molar-refractivity contribution in [2.75, 3.05) is 13.1 Å². The fourth-order valence-corrected chi connectivity index (χ4v) is 3.23. The largest absolute Gasteiger partial charge is 0.481 e. The number of likely N-dealkylation sites (tertiary alicyclic amines) is 1. The Bertz CT molecular complexity index is 747. The maximum absolute atomic E-state index is 13.2. The van der Waals surface area contributed by atoms with Crippen molar-refractivity contribution in [2.45, 2.75) is 12.3 Å². The van der Waals surface area contributed by atoms with E-state index in [0.29, 0.717) is 12.1 Å². The topological polar surface area (TPSA) is 57.6 Å². The second-order valence-electron chi connectivity index (χ2n) is 6.07. The van der Waals surface area contributed by atoms with Gasteiger partial charge < -0.3 is 10.0 Å². The predicted octanol–water partition coefficient (Wildman–Crippen LogP) is 2.70. The summed E-state index contributed by atoms with van der Waals surface area (Å²) in [6, 6.07) is 15.3. The molecule has 0 aliphatic carbocycles. The summed E-state index contributed by atoms with van der Waals surface area (Å²) in [5, 5.41) is 9.48. The summed E-state index contributed by atoms with van der Waals surface area (Å²) in [6.45, 7) is 0.554. The lowest BCUT2D eigenvalue weighted by Gasteiger charge is -2.16. The van der Waals surface area contributed by atoms with Crippen molar-refractivity contribution in [2.24, 2.45) is 5.92 Å². The second-order valence-corrected chi connectivity index (χ2v) is 6.07. The van der Waals surface area contributed by atoms with Crippen LogP contribution in [-0.4, -0.2) is 35.0 Å². The highest BCUT2D eigenvalue weighted by Crippen LogP contribution is 2.33. The minimum Gasteiger partial charge on any atom is -0.481 e. The van der Waals surface area contributed by atoms with E-state index < -0.39 is 11.9 Å². The molecule has 1 N–H and O–H groups in total. The van der Waals surface area contributed by atoms with Crippen molar-refractivity contribution in [1.82, 2.24) is 4.90 Å². The first-order valence-corrected chi connectivity index (χ1v) is 7.84. The third kappa shape index (κ3) is 3.45. The minimum absolute atomic E-state index is 0.0750. The SMILES string of the molecule is O=C(O)C1CN(C(=O)Cc2cccc(F)c2)CC1c1ccccc1. The van der Waals surface area contributed by atoms with Crippen LogP contribution in [0, 0.1) is 11.7 Å². The average Bonchev–Trinajstić information content (AvgIpc) is 3.01. The lowest BCUT2D eigenvalue weighted by Crippen LogP contribution is -2.31. The molecular formula is C19H18FNO3. The third-order valence-electron chi connectivity index (χ3n) is 4.46. The van der Waals surface area contributed by atoms with E-state index in [0.717, 1.165) is 5.56 Å². The van der Waals surface area contributed by atoms with Gasteiger partial charge in [-0.05, 0) is 23.3 Å². The van der Waals surface area contributed by atoms with Crippen LogP contribution in [-0.2, 0) is 16.0 Å². The molecule has 0 aromatic heterocycles. The quantitative estimate of drug-likeness (QED) is 0.939. The standard InChI is InChI=1S/C19H18FNO3/c20-15-8-4-5-13(9-15)10-18(22)21-11-16(17(12-21)19(23)24)14-6-2-1-3-7-14/h1-9,16-17H,10-12H2,(H,23,24). The Morgan fingerprint density at radius 1 is 1.08 bits per heavy atom. The van der Waals surface area contributed by atoms with E-state index in [1.165, 1.54) is 12.1 Å². The number of nitrogens with zero attached hydrogens (tertiary/aromatic N) is 1. The highest BCUT2D eigenvalue weighted by molar-refractivity contribution is 5.81. The van der Waals surface area contributed by atoms with Gasteiger partial charge in [-0.15, -0.1) is 0 Å². The molecular weight excluding hydrogens is 309 g/mol. The second kappa shape index (κ2) is 6.83. The fraction of sp³-hybridized carbons (Fsp3) is 0.263. The zero-order valence-corrected chi connectivity index (χ0v) is 13.1. The number of carbonyl (C=O) groups excluding carboxylic acids is 1.